The predicted octanol–water partition coefficient (Wildman–Crippen LogP) is 2.62. The largest absolute Gasteiger partial charge is 0.353 e. The smallest absolute Gasteiger partial charge is 0.334 e. The van der Waals surface area contributed by atoms with E-state index in [9.17, 15) is 13.2 Å². The minimum Gasteiger partial charge on any atom is -0.334 e. The van der Waals surface area contributed by atoms with Crippen molar-refractivity contribution >= 4 is 15.3 Å². The van der Waals surface area contributed by atoms with Gasteiger partial charge in [0.05, 0.1) is 0 Å². The number of nitrogens with two attached hydrogens (primary N) is 1. The zero-order chi connectivity index (χ0) is 16.8. The average molecular weight is 320 g/mol. The van der Waals surface area contributed by atoms with Gasteiger partial charge in [0.1, 0.15) is 0 Å². The highest BCUT2D eigenvalue weighted by Crippen LogP contribution is 2.18. The molecule has 0 saturated carbocycles. The van der Waals surface area contributed by atoms with E-state index in [1.54, 1.807) is 0 Å². The summed E-state index contributed by atoms with van der Waals surface area (Å²) in [5.41, 5.74) is 3.87. The van der Waals surface area contributed by atoms with Crippen molar-refractivity contribution in [3.05, 3.63) is 60.2 Å². The topological polar surface area (TPSA) is 80.5 Å². The lowest BCUT2D eigenvalue weighted by molar-refractivity contribution is 0.238. The third kappa shape index (κ3) is 5.67. The fourth-order valence-electron chi connectivity index (χ4n) is 1.63. The number of hydrogen-bond donors (Lipinski definition) is 1. The van der Waals surface area contributed by atoms with E-state index in [2.05, 4.69) is 60.6 Å². The third-order valence-electron chi connectivity index (χ3n) is 2.77. The maximum atomic E-state index is 10.4. The van der Waals surface area contributed by atoms with Crippen LogP contribution in [0.1, 0.15) is 5.56 Å². The molecule has 2 N–H and O–H groups in total. The Morgan fingerprint density at radius 1 is 0.909 bits per heavy atom. The maximum absolute atomic E-state index is 10.4. The fourth-order valence-corrected chi connectivity index (χ4v) is 2.14. The second-order valence-corrected chi connectivity index (χ2v) is 6.38. The Morgan fingerprint density at radius 3 is 1.73 bits per heavy atom. The minimum absolute atomic E-state index is 0.898. The van der Waals surface area contributed by atoms with Gasteiger partial charge in [0.25, 0.3) is 10.0 Å². The molecule has 0 aromatic heterocycles. The van der Waals surface area contributed by atoms with Crippen LogP contribution in [0, 0.1) is 6.92 Å². The van der Waals surface area contributed by atoms with Gasteiger partial charge < -0.3 is 4.90 Å². The minimum atomic E-state index is -4.02. The summed E-state index contributed by atoms with van der Waals surface area (Å²) >= 11 is 0. The van der Waals surface area contributed by atoms with Gasteiger partial charge in [-0.15, -0.1) is 0 Å². The Bertz CT molecular complexity index is 709. The van der Waals surface area contributed by atoms with Crippen LogP contribution < -0.4 is 5.14 Å². The highest BCUT2D eigenvalue weighted by atomic mass is 32.2. The number of carbonyl (C=O) groups excluding carboxylic acids is 1. The van der Waals surface area contributed by atoms with E-state index in [-0.39, 0.29) is 0 Å². The van der Waals surface area contributed by atoms with Crippen molar-refractivity contribution in [1.82, 2.24) is 4.90 Å². The Morgan fingerprint density at radius 2 is 1.36 bits per heavy atom. The molecule has 0 fully saturated rings. The molecule has 22 heavy (non-hydrogen) atoms. The third-order valence-corrected chi connectivity index (χ3v) is 3.62. The lowest BCUT2D eigenvalue weighted by Crippen LogP contribution is -2.33. The SMILES string of the molecule is CN(C)C(=O)S(N)(=O)=O.Cc1ccc(-c2ccccc2)cc1. The van der Waals surface area contributed by atoms with Crippen LogP contribution in [0.5, 0.6) is 0 Å². The van der Waals surface area contributed by atoms with Crippen LogP contribution in [0.2, 0.25) is 0 Å². The Labute approximate surface area is 131 Å². The van der Waals surface area contributed by atoms with Gasteiger partial charge in [-0.1, -0.05) is 60.2 Å². The van der Waals surface area contributed by atoms with E-state index < -0.39 is 15.3 Å². The molecule has 5 nitrogen and oxygen atoms in total. The van der Waals surface area contributed by atoms with Gasteiger partial charge >= 0.3 is 5.24 Å². The van der Waals surface area contributed by atoms with Crippen molar-refractivity contribution in [1.29, 1.82) is 0 Å². The molecule has 0 aliphatic carbocycles. The number of rotatable bonds is 1. The zero-order valence-electron chi connectivity index (χ0n) is 12.9. The number of primary sulfonamides is 1. The second kappa shape index (κ2) is 7.72. The summed E-state index contributed by atoms with van der Waals surface area (Å²) in [4.78, 5) is 11.3. The van der Waals surface area contributed by atoms with E-state index in [0.29, 0.717) is 0 Å². The van der Waals surface area contributed by atoms with Crippen LogP contribution in [0.25, 0.3) is 11.1 Å². The van der Waals surface area contributed by atoms with E-state index in [0.717, 1.165) is 4.90 Å². The van der Waals surface area contributed by atoms with Crippen molar-refractivity contribution in [2.75, 3.05) is 14.1 Å². The lowest BCUT2D eigenvalue weighted by atomic mass is 10.0. The molecule has 2 aromatic carbocycles. The molecule has 0 unspecified atom stereocenters. The molecule has 2 aromatic rings. The molecule has 2 rings (SSSR count). The fraction of sp³-hybridized carbons (Fsp3) is 0.188. The number of aryl methyl sites for hydroxylation is 1. The average Bonchev–Trinajstić information content (AvgIpc) is 2.48. The van der Waals surface area contributed by atoms with Gasteiger partial charge in [-0.05, 0) is 18.1 Å². The van der Waals surface area contributed by atoms with Gasteiger partial charge in [-0.25, -0.2) is 13.6 Å². The quantitative estimate of drug-likeness (QED) is 0.877. The first-order valence-electron chi connectivity index (χ1n) is 6.58. The number of sulfonamides is 1. The van der Waals surface area contributed by atoms with Crippen molar-refractivity contribution in [2.45, 2.75) is 6.92 Å². The number of nitrogens with zero attached hydrogens (tertiary/aromatic N) is 1. The molecule has 0 heterocycles. The molecule has 1 amide bonds. The van der Waals surface area contributed by atoms with Crippen LogP contribution in [-0.2, 0) is 10.0 Å². The summed E-state index contributed by atoms with van der Waals surface area (Å²) in [6, 6.07) is 19.0. The summed E-state index contributed by atoms with van der Waals surface area (Å²) in [6.07, 6.45) is 0. The molecule has 0 radical (unpaired) electrons. The molecular weight excluding hydrogens is 300 g/mol. The standard InChI is InChI=1S/C13H12.C3H8N2O3S/c1-11-7-9-13(10-8-11)12-5-3-2-4-6-12;1-5(2)3(6)9(4,7)8/h2-10H,1H3;1-2H3,(H2,4,7,8). The second-order valence-electron chi connectivity index (χ2n) is 4.94. The molecule has 0 atom stereocenters. The van der Waals surface area contributed by atoms with Crippen LogP contribution in [0.15, 0.2) is 54.6 Å². The molecule has 6 heteroatoms. The van der Waals surface area contributed by atoms with Gasteiger partial charge in [-0.3, -0.25) is 4.79 Å². The number of benzene rings is 2. The first-order chi connectivity index (χ1) is 10.2. The van der Waals surface area contributed by atoms with Gasteiger partial charge in [-0.2, -0.15) is 0 Å². The molecule has 0 saturated heterocycles. The van der Waals surface area contributed by atoms with Crippen molar-refractivity contribution in [3.8, 4) is 11.1 Å². The first kappa shape index (κ1) is 17.9. The van der Waals surface area contributed by atoms with E-state index in [1.165, 1.54) is 30.8 Å². The summed E-state index contributed by atoms with van der Waals surface area (Å²) in [5.74, 6) is 0. The molecule has 118 valence electrons. The van der Waals surface area contributed by atoms with E-state index in [1.807, 2.05) is 6.07 Å². The predicted molar refractivity (Wildman–Crippen MR) is 88.8 cm³/mol. The normalized spacial score (nSPS) is 10.4. The van der Waals surface area contributed by atoms with E-state index >= 15 is 0 Å². The highest BCUT2D eigenvalue weighted by molar-refractivity contribution is 8.04. The summed E-state index contributed by atoms with van der Waals surface area (Å²) in [5, 5.41) is 3.38. The van der Waals surface area contributed by atoms with Crippen LogP contribution >= 0.6 is 0 Å². The molecule has 0 aliphatic heterocycles. The lowest BCUT2D eigenvalue weighted by Gasteiger charge is -2.05. The van der Waals surface area contributed by atoms with E-state index in [4.69, 9.17) is 0 Å². The number of amides is 1. The zero-order valence-corrected chi connectivity index (χ0v) is 13.7. The van der Waals surface area contributed by atoms with Crippen LogP contribution in [-0.4, -0.2) is 32.7 Å². The van der Waals surface area contributed by atoms with Crippen LogP contribution in [0.3, 0.4) is 0 Å². The number of carbonyl (C=O) groups is 1. The van der Waals surface area contributed by atoms with Crippen molar-refractivity contribution < 1.29 is 13.2 Å². The summed E-state index contributed by atoms with van der Waals surface area (Å²) in [6.45, 7) is 2.11. The van der Waals surface area contributed by atoms with Gasteiger partial charge in [0.2, 0.25) is 0 Å². The Kier molecular flexibility index (Phi) is 6.27. The molecular formula is C16H20N2O3S. The first-order valence-corrected chi connectivity index (χ1v) is 8.12. The summed E-state index contributed by atoms with van der Waals surface area (Å²) < 4.78 is 20.3. The maximum Gasteiger partial charge on any atom is 0.353 e. The molecule has 0 bridgehead atoms. The van der Waals surface area contributed by atoms with Gasteiger partial charge in [0, 0.05) is 14.1 Å². The van der Waals surface area contributed by atoms with Crippen molar-refractivity contribution in [3.63, 3.8) is 0 Å². The number of hydrogen-bond acceptors (Lipinski definition) is 3. The van der Waals surface area contributed by atoms with Crippen LogP contribution in [0.4, 0.5) is 4.79 Å². The summed E-state index contributed by atoms with van der Waals surface area (Å²) in [7, 11) is -1.39. The molecule has 0 spiro atoms. The highest BCUT2D eigenvalue weighted by Gasteiger charge is 2.17. The monoisotopic (exact) mass is 320 g/mol. The van der Waals surface area contributed by atoms with Crippen molar-refractivity contribution in [2.24, 2.45) is 5.14 Å². The van der Waals surface area contributed by atoms with Gasteiger partial charge in [0.15, 0.2) is 0 Å². The Hall–Kier alpha value is -2.18. The Balaban J connectivity index is 0.000000239. The molecule has 0 aliphatic rings.